The molecule has 1 heterocycles. The van der Waals surface area contributed by atoms with Gasteiger partial charge in [0.25, 0.3) is 0 Å². The molecule has 2 N–H and O–H groups in total. The van der Waals surface area contributed by atoms with E-state index in [2.05, 4.69) is 9.97 Å². The van der Waals surface area contributed by atoms with Crippen LogP contribution in [-0.4, -0.2) is 9.97 Å². The molecular weight excluding hydrogens is 245 g/mol. The monoisotopic (exact) mass is 253 g/mol. The fourth-order valence-corrected chi connectivity index (χ4v) is 1.61. The van der Waals surface area contributed by atoms with Crippen molar-refractivity contribution in [2.45, 2.75) is 6.54 Å². The standard InChI is InChI=1S/C11H9Cl2N3/c12-8-2-1-7(5-9(8)13)10-3-4-15-11(6-14)16-10/h1-5H,6,14H2. The Kier molecular flexibility index (Phi) is 3.39. The van der Waals surface area contributed by atoms with E-state index in [0.29, 0.717) is 22.4 Å². The maximum Gasteiger partial charge on any atom is 0.142 e. The summed E-state index contributed by atoms with van der Waals surface area (Å²) in [5, 5.41) is 1.03. The largest absolute Gasteiger partial charge is 0.324 e. The van der Waals surface area contributed by atoms with Crippen molar-refractivity contribution in [3.63, 3.8) is 0 Å². The lowest BCUT2D eigenvalue weighted by molar-refractivity contribution is 0.912. The molecule has 1 aromatic heterocycles. The average molecular weight is 254 g/mol. The molecule has 0 amide bonds. The molecule has 1 aromatic carbocycles. The number of halogens is 2. The Hall–Kier alpha value is -1.16. The number of rotatable bonds is 2. The van der Waals surface area contributed by atoms with Crippen LogP contribution in [-0.2, 0) is 6.54 Å². The highest BCUT2D eigenvalue weighted by Crippen LogP contribution is 2.27. The lowest BCUT2D eigenvalue weighted by atomic mass is 10.1. The SMILES string of the molecule is NCc1nccc(-c2ccc(Cl)c(Cl)c2)n1. The molecule has 2 aromatic rings. The van der Waals surface area contributed by atoms with E-state index >= 15 is 0 Å². The number of benzene rings is 1. The second-order valence-corrected chi connectivity index (χ2v) is 4.01. The van der Waals surface area contributed by atoms with Crippen molar-refractivity contribution in [1.29, 1.82) is 0 Å². The fourth-order valence-electron chi connectivity index (χ4n) is 1.31. The van der Waals surface area contributed by atoms with Gasteiger partial charge in [0.1, 0.15) is 5.82 Å². The van der Waals surface area contributed by atoms with E-state index in [0.717, 1.165) is 11.3 Å². The number of nitrogens with two attached hydrogens (primary N) is 1. The zero-order valence-electron chi connectivity index (χ0n) is 8.32. The van der Waals surface area contributed by atoms with Crippen molar-refractivity contribution in [2.75, 3.05) is 0 Å². The predicted octanol–water partition coefficient (Wildman–Crippen LogP) is 2.91. The molecule has 0 fully saturated rings. The molecule has 0 aliphatic carbocycles. The lowest BCUT2D eigenvalue weighted by Crippen LogP contribution is -2.02. The zero-order valence-corrected chi connectivity index (χ0v) is 9.83. The van der Waals surface area contributed by atoms with Gasteiger partial charge in [-0.15, -0.1) is 0 Å². The summed E-state index contributed by atoms with van der Waals surface area (Å²) in [5.41, 5.74) is 7.16. The van der Waals surface area contributed by atoms with Gasteiger partial charge < -0.3 is 5.73 Å². The first kappa shape index (κ1) is 11.3. The van der Waals surface area contributed by atoms with Gasteiger partial charge in [-0.2, -0.15) is 0 Å². The van der Waals surface area contributed by atoms with Gasteiger partial charge in [-0.1, -0.05) is 29.3 Å². The first-order valence-corrected chi connectivity index (χ1v) is 5.43. The first-order valence-electron chi connectivity index (χ1n) is 4.68. The predicted molar refractivity (Wildman–Crippen MR) is 65.4 cm³/mol. The number of hydrogen-bond donors (Lipinski definition) is 1. The fraction of sp³-hybridized carbons (Fsp3) is 0.0909. The van der Waals surface area contributed by atoms with Gasteiger partial charge in [0, 0.05) is 11.8 Å². The molecule has 5 heteroatoms. The summed E-state index contributed by atoms with van der Waals surface area (Å²) in [4.78, 5) is 8.32. The highest BCUT2D eigenvalue weighted by molar-refractivity contribution is 6.42. The Morgan fingerprint density at radius 2 is 1.94 bits per heavy atom. The third-order valence-corrected chi connectivity index (χ3v) is 2.84. The molecule has 2 rings (SSSR count). The summed E-state index contributed by atoms with van der Waals surface area (Å²) in [6.07, 6.45) is 1.67. The minimum atomic E-state index is 0.315. The van der Waals surface area contributed by atoms with Crippen LogP contribution in [0.4, 0.5) is 0 Å². The highest BCUT2D eigenvalue weighted by Gasteiger charge is 2.04. The molecule has 82 valence electrons. The molecule has 0 radical (unpaired) electrons. The van der Waals surface area contributed by atoms with E-state index in [1.807, 2.05) is 6.07 Å². The van der Waals surface area contributed by atoms with Crippen LogP contribution in [0.1, 0.15) is 5.82 Å². The molecule has 0 aliphatic rings. The second-order valence-electron chi connectivity index (χ2n) is 3.19. The van der Waals surface area contributed by atoms with E-state index in [4.69, 9.17) is 28.9 Å². The van der Waals surface area contributed by atoms with Crippen molar-refractivity contribution >= 4 is 23.2 Å². The van der Waals surface area contributed by atoms with E-state index in [-0.39, 0.29) is 0 Å². The summed E-state index contributed by atoms with van der Waals surface area (Å²) in [6.45, 7) is 0.315. The highest BCUT2D eigenvalue weighted by atomic mass is 35.5. The van der Waals surface area contributed by atoms with E-state index < -0.39 is 0 Å². The van der Waals surface area contributed by atoms with E-state index in [9.17, 15) is 0 Å². The van der Waals surface area contributed by atoms with Crippen molar-refractivity contribution in [3.8, 4) is 11.3 Å². The Balaban J connectivity index is 2.46. The third-order valence-electron chi connectivity index (χ3n) is 2.10. The lowest BCUT2D eigenvalue weighted by Gasteiger charge is -2.03. The normalized spacial score (nSPS) is 10.4. The Labute approximate surface area is 103 Å². The third kappa shape index (κ3) is 2.32. The van der Waals surface area contributed by atoms with Crippen molar-refractivity contribution in [3.05, 3.63) is 46.3 Å². The molecule has 3 nitrogen and oxygen atoms in total. The van der Waals surface area contributed by atoms with Crippen LogP contribution >= 0.6 is 23.2 Å². The Bertz CT molecular complexity index is 514. The molecule has 0 aliphatic heterocycles. The number of nitrogens with zero attached hydrogens (tertiary/aromatic N) is 2. The molecule has 0 saturated carbocycles. The first-order chi connectivity index (χ1) is 7.70. The molecule has 0 spiro atoms. The molecule has 0 saturated heterocycles. The molecule has 0 atom stereocenters. The van der Waals surface area contributed by atoms with Crippen molar-refractivity contribution in [2.24, 2.45) is 5.73 Å². The van der Waals surface area contributed by atoms with Gasteiger partial charge in [0.05, 0.1) is 22.3 Å². The van der Waals surface area contributed by atoms with Gasteiger partial charge in [-0.25, -0.2) is 9.97 Å². The van der Waals surface area contributed by atoms with Gasteiger partial charge in [0.2, 0.25) is 0 Å². The average Bonchev–Trinajstić information content (AvgIpc) is 2.33. The van der Waals surface area contributed by atoms with Crippen LogP contribution in [0.5, 0.6) is 0 Å². The number of hydrogen-bond acceptors (Lipinski definition) is 3. The van der Waals surface area contributed by atoms with E-state index in [1.54, 1.807) is 24.4 Å². The van der Waals surface area contributed by atoms with Crippen LogP contribution < -0.4 is 5.73 Å². The summed E-state index contributed by atoms with van der Waals surface area (Å²) in [5.74, 6) is 0.601. The van der Waals surface area contributed by atoms with Crippen molar-refractivity contribution in [1.82, 2.24) is 9.97 Å². The Morgan fingerprint density at radius 3 is 2.62 bits per heavy atom. The smallest absolute Gasteiger partial charge is 0.142 e. The van der Waals surface area contributed by atoms with Crippen LogP contribution in [0.2, 0.25) is 10.0 Å². The molecule has 16 heavy (non-hydrogen) atoms. The molecular formula is C11H9Cl2N3. The van der Waals surface area contributed by atoms with Gasteiger partial charge in [0.15, 0.2) is 0 Å². The second kappa shape index (κ2) is 4.78. The van der Waals surface area contributed by atoms with Crippen LogP contribution in [0, 0.1) is 0 Å². The van der Waals surface area contributed by atoms with Crippen LogP contribution in [0.25, 0.3) is 11.3 Å². The van der Waals surface area contributed by atoms with Crippen molar-refractivity contribution < 1.29 is 0 Å². The summed E-state index contributed by atoms with van der Waals surface area (Å²) in [7, 11) is 0. The van der Waals surface area contributed by atoms with E-state index in [1.165, 1.54) is 0 Å². The minimum Gasteiger partial charge on any atom is -0.324 e. The van der Waals surface area contributed by atoms with Gasteiger partial charge >= 0.3 is 0 Å². The Morgan fingerprint density at radius 1 is 1.12 bits per heavy atom. The zero-order chi connectivity index (χ0) is 11.5. The summed E-state index contributed by atoms with van der Waals surface area (Å²) >= 11 is 11.8. The molecule has 0 bridgehead atoms. The topological polar surface area (TPSA) is 51.8 Å². The van der Waals surface area contributed by atoms with Gasteiger partial charge in [-0.05, 0) is 18.2 Å². The van der Waals surface area contributed by atoms with Crippen LogP contribution in [0.3, 0.4) is 0 Å². The maximum atomic E-state index is 5.94. The quantitative estimate of drug-likeness (QED) is 0.896. The van der Waals surface area contributed by atoms with Crippen LogP contribution in [0.15, 0.2) is 30.5 Å². The summed E-state index contributed by atoms with van der Waals surface area (Å²) in [6, 6.07) is 7.17. The van der Waals surface area contributed by atoms with Gasteiger partial charge in [-0.3, -0.25) is 0 Å². The minimum absolute atomic E-state index is 0.315. The summed E-state index contributed by atoms with van der Waals surface area (Å²) < 4.78 is 0. The maximum absolute atomic E-state index is 5.94. The number of aromatic nitrogens is 2. The molecule has 0 unspecified atom stereocenters.